The van der Waals surface area contributed by atoms with Gasteiger partial charge in [-0.1, -0.05) is 30.3 Å². The SMILES string of the molecule is COc1ccnc(NNC(=O)c2cn(-c3ccccc3)nc2-c2ccccc2OC)n1. The molecule has 31 heavy (non-hydrogen) atoms. The largest absolute Gasteiger partial charge is 0.496 e. The third-order valence-corrected chi connectivity index (χ3v) is 4.47. The van der Waals surface area contributed by atoms with Gasteiger partial charge in [0, 0.05) is 24.0 Å². The summed E-state index contributed by atoms with van der Waals surface area (Å²) in [5.74, 6) is 0.772. The molecule has 0 saturated heterocycles. The number of carbonyl (C=O) groups is 1. The second-order valence-electron chi connectivity index (χ2n) is 6.37. The van der Waals surface area contributed by atoms with E-state index in [9.17, 15) is 4.79 Å². The number of para-hydroxylation sites is 2. The van der Waals surface area contributed by atoms with E-state index in [4.69, 9.17) is 9.47 Å². The fourth-order valence-corrected chi connectivity index (χ4v) is 2.99. The highest BCUT2D eigenvalue weighted by atomic mass is 16.5. The fraction of sp³-hybridized carbons (Fsp3) is 0.0909. The molecule has 0 bridgehead atoms. The van der Waals surface area contributed by atoms with Crippen LogP contribution in [0.25, 0.3) is 16.9 Å². The molecule has 1 amide bonds. The van der Waals surface area contributed by atoms with Gasteiger partial charge < -0.3 is 9.47 Å². The summed E-state index contributed by atoms with van der Waals surface area (Å²) in [5, 5.41) is 4.66. The average Bonchev–Trinajstić information content (AvgIpc) is 3.28. The number of carbonyl (C=O) groups excluding carboxylic acids is 1. The van der Waals surface area contributed by atoms with Gasteiger partial charge in [-0.25, -0.2) is 9.67 Å². The van der Waals surface area contributed by atoms with Crippen LogP contribution in [0.4, 0.5) is 5.95 Å². The topological polar surface area (TPSA) is 103 Å². The number of amides is 1. The summed E-state index contributed by atoms with van der Waals surface area (Å²) in [6.07, 6.45) is 3.19. The Bertz CT molecular complexity index is 1190. The van der Waals surface area contributed by atoms with Crippen molar-refractivity contribution in [3.8, 4) is 28.6 Å². The summed E-state index contributed by atoms with van der Waals surface area (Å²) in [6, 6.07) is 18.5. The Labute approximate surface area is 178 Å². The van der Waals surface area contributed by atoms with Crippen LogP contribution in [0.3, 0.4) is 0 Å². The first-order valence-electron chi connectivity index (χ1n) is 9.41. The maximum absolute atomic E-state index is 13.1. The summed E-state index contributed by atoms with van der Waals surface area (Å²) in [5.41, 5.74) is 7.67. The van der Waals surface area contributed by atoms with E-state index in [1.165, 1.54) is 13.3 Å². The highest BCUT2D eigenvalue weighted by Crippen LogP contribution is 2.31. The zero-order valence-electron chi connectivity index (χ0n) is 16.9. The van der Waals surface area contributed by atoms with E-state index in [0.717, 1.165) is 5.69 Å². The standard InChI is InChI=1S/C22H20N6O3/c1-30-18-11-7-6-10-16(18)20-17(14-28(27-20)15-8-4-3-5-9-15)21(29)25-26-22-23-13-12-19(24-22)31-2/h3-14H,1-2H3,(H,25,29)(H,23,24,26). The van der Waals surface area contributed by atoms with Crippen LogP contribution < -0.4 is 20.3 Å². The molecule has 0 fully saturated rings. The van der Waals surface area contributed by atoms with Crippen molar-refractivity contribution in [2.75, 3.05) is 19.6 Å². The zero-order valence-corrected chi connectivity index (χ0v) is 16.9. The number of hydrogen-bond donors (Lipinski definition) is 2. The summed E-state index contributed by atoms with van der Waals surface area (Å²) in [6.45, 7) is 0. The van der Waals surface area contributed by atoms with Gasteiger partial charge in [0.2, 0.25) is 11.8 Å². The lowest BCUT2D eigenvalue weighted by Gasteiger charge is -2.09. The number of methoxy groups -OCH3 is 2. The van der Waals surface area contributed by atoms with Crippen LogP contribution in [0.5, 0.6) is 11.6 Å². The van der Waals surface area contributed by atoms with E-state index in [0.29, 0.717) is 28.5 Å². The molecule has 156 valence electrons. The molecule has 0 saturated carbocycles. The van der Waals surface area contributed by atoms with Crippen LogP contribution in [-0.4, -0.2) is 39.9 Å². The Hall–Kier alpha value is -4.40. The second kappa shape index (κ2) is 8.95. The van der Waals surface area contributed by atoms with Crippen LogP contribution in [-0.2, 0) is 0 Å². The van der Waals surface area contributed by atoms with E-state index in [1.54, 1.807) is 24.1 Å². The maximum Gasteiger partial charge on any atom is 0.273 e. The first-order chi connectivity index (χ1) is 15.2. The van der Waals surface area contributed by atoms with E-state index < -0.39 is 5.91 Å². The lowest BCUT2D eigenvalue weighted by Crippen LogP contribution is -2.30. The third kappa shape index (κ3) is 4.30. The lowest BCUT2D eigenvalue weighted by molar-refractivity contribution is 0.0963. The molecule has 0 aliphatic heterocycles. The number of nitrogens with one attached hydrogen (secondary N) is 2. The molecule has 0 spiro atoms. The van der Waals surface area contributed by atoms with Crippen LogP contribution >= 0.6 is 0 Å². The summed E-state index contributed by atoms with van der Waals surface area (Å²) in [4.78, 5) is 21.2. The first kappa shape index (κ1) is 19.9. The van der Waals surface area contributed by atoms with E-state index >= 15 is 0 Å². The molecular formula is C22H20N6O3. The van der Waals surface area contributed by atoms with Crippen LogP contribution in [0.2, 0.25) is 0 Å². The lowest BCUT2D eigenvalue weighted by atomic mass is 10.1. The molecule has 0 unspecified atom stereocenters. The van der Waals surface area contributed by atoms with Crippen LogP contribution in [0, 0.1) is 0 Å². The molecule has 0 aliphatic carbocycles. The highest BCUT2D eigenvalue weighted by molar-refractivity contribution is 6.01. The monoisotopic (exact) mass is 416 g/mol. The predicted molar refractivity (Wildman–Crippen MR) is 115 cm³/mol. The summed E-state index contributed by atoms with van der Waals surface area (Å²) < 4.78 is 12.2. The van der Waals surface area contributed by atoms with Crippen molar-refractivity contribution in [3.05, 3.63) is 78.6 Å². The number of nitrogens with zero attached hydrogens (tertiary/aromatic N) is 4. The zero-order chi connectivity index (χ0) is 21.6. The predicted octanol–water partition coefficient (Wildman–Crippen LogP) is 3.10. The molecule has 4 rings (SSSR count). The van der Waals surface area contributed by atoms with Gasteiger partial charge in [0.05, 0.1) is 25.5 Å². The first-order valence-corrected chi connectivity index (χ1v) is 9.41. The molecule has 0 aliphatic rings. The van der Waals surface area contributed by atoms with Gasteiger partial charge in [-0.15, -0.1) is 0 Å². The number of hydrogen-bond acceptors (Lipinski definition) is 7. The molecule has 9 heteroatoms. The number of rotatable bonds is 7. The Balaban J connectivity index is 1.69. The molecule has 2 aromatic heterocycles. The van der Waals surface area contributed by atoms with Crippen molar-refractivity contribution >= 4 is 11.9 Å². The van der Waals surface area contributed by atoms with Gasteiger partial charge in [-0.05, 0) is 24.3 Å². The Morgan fingerprint density at radius 2 is 1.74 bits per heavy atom. The Morgan fingerprint density at radius 3 is 2.52 bits per heavy atom. The van der Waals surface area contributed by atoms with Crippen molar-refractivity contribution < 1.29 is 14.3 Å². The van der Waals surface area contributed by atoms with E-state index in [1.807, 2.05) is 54.6 Å². The Kier molecular flexibility index (Phi) is 5.75. The van der Waals surface area contributed by atoms with Gasteiger partial charge in [-0.3, -0.25) is 15.6 Å². The molecule has 0 atom stereocenters. The van der Waals surface area contributed by atoms with E-state index in [-0.39, 0.29) is 5.95 Å². The quantitative estimate of drug-likeness (QED) is 0.446. The van der Waals surface area contributed by atoms with Gasteiger partial charge in [-0.2, -0.15) is 10.1 Å². The fourth-order valence-electron chi connectivity index (χ4n) is 2.99. The normalized spacial score (nSPS) is 10.4. The molecule has 2 N–H and O–H groups in total. The number of benzene rings is 2. The van der Waals surface area contributed by atoms with Gasteiger partial charge >= 0.3 is 0 Å². The summed E-state index contributed by atoms with van der Waals surface area (Å²) in [7, 11) is 3.08. The van der Waals surface area contributed by atoms with Gasteiger partial charge in [0.25, 0.3) is 5.91 Å². The van der Waals surface area contributed by atoms with Crippen LogP contribution in [0.1, 0.15) is 10.4 Å². The van der Waals surface area contributed by atoms with Crippen molar-refractivity contribution in [2.45, 2.75) is 0 Å². The van der Waals surface area contributed by atoms with Crippen molar-refractivity contribution in [1.82, 2.24) is 25.2 Å². The maximum atomic E-state index is 13.1. The Morgan fingerprint density at radius 1 is 0.968 bits per heavy atom. The average molecular weight is 416 g/mol. The molecule has 9 nitrogen and oxygen atoms in total. The minimum Gasteiger partial charge on any atom is -0.496 e. The smallest absolute Gasteiger partial charge is 0.273 e. The number of aromatic nitrogens is 4. The molecular weight excluding hydrogens is 396 g/mol. The van der Waals surface area contributed by atoms with Gasteiger partial charge in [0.1, 0.15) is 11.4 Å². The second-order valence-corrected chi connectivity index (χ2v) is 6.37. The van der Waals surface area contributed by atoms with Crippen molar-refractivity contribution in [1.29, 1.82) is 0 Å². The molecule has 0 radical (unpaired) electrons. The van der Waals surface area contributed by atoms with E-state index in [2.05, 4.69) is 25.9 Å². The van der Waals surface area contributed by atoms with Crippen LogP contribution in [0.15, 0.2) is 73.1 Å². The third-order valence-electron chi connectivity index (χ3n) is 4.47. The minimum absolute atomic E-state index is 0.196. The van der Waals surface area contributed by atoms with Crippen molar-refractivity contribution in [2.24, 2.45) is 0 Å². The minimum atomic E-state index is -0.408. The molecule has 4 aromatic rings. The highest BCUT2D eigenvalue weighted by Gasteiger charge is 2.21. The van der Waals surface area contributed by atoms with Gasteiger partial charge in [0.15, 0.2) is 0 Å². The number of hydrazine groups is 1. The van der Waals surface area contributed by atoms with Crippen molar-refractivity contribution in [3.63, 3.8) is 0 Å². The molecule has 2 heterocycles. The molecule has 2 aromatic carbocycles. The summed E-state index contributed by atoms with van der Waals surface area (Å²) >= 11 is 0. The number of ether oxygens (including phenoxy) is 2. The number of anilines is 1.